The van der Waals surface area contributed by atoms with Gasteiger partial charge in [-0.3, -0.25) is 5.41 Å². The van der Waals surface area contributed by atoms with E-state index in [0.717, 1.165) is 5.57 Å². The lowest BCUT2D eigenvalue weighted by atomic mass is 10.2. The van der Waals surface area contributed by atoms with Crippen LogP contribution < -0.4 is 5.73 Å². The number of nitrogens with two attached hydrogens (primary N) is 1. The lowest BCUT2D eigenvalue weighted by Crippen LogP contribution is -2.06. The predicted molar refractivity (Wildman–Crippen MR) is 83.6 cm³/mol. The number of hydrogen-bond acceptors (Lipinski definition) is 4. The van der Waals surface area contributed by atoms with E-state index in [9.17, 15) is 0 Å². The molecule has 0 atom stereocenters. The van der Waals surface area contributed by atoms with Gasteiger partial charge in [-0.1, -0.05) is 18.2 Å². The van der Waals surface area contributed by atoms with Gasteiger partial charge in [0.05, 0.1) is 0 Å². The number of aliphatic imine (C=N–C) groups is 2. The molecular formula is C13H13BrN6. The number of nitrogens with zero attached hydrogens (tertiary/aromatic N) is 4. The van der Waals surface area contributed by atoms with Crippen LogP contribution in [-0.4, -0.2) is 17.9 Å². The van der Waals surface area contributed by atoms with Gasteiger partial charge >= 0.3 is 0 Å². The van der Waals surface area contributed by atoms with Crippen LogP contribution in [0.1, 0.15) is 13.3 Å². The van der Waals surface area contributed by atoms with Gasteiger partial charge in [0.25, 0.3) is 0 Å². The monoisotopic (exact) mass is 332 g/mol. The Hall–Kier alpha value is -2.51. The van der Waals surface area contributed by atoms with Crippen molar-refractivity contribution in [1.29, 1.82) is 15.9 Å². The average molecular weight is 333 g/mol. The smallest absolute Gasteiger partial charge is 0.224 e. The van der Waals surface area contributed by atoms with Gasteiger partial charge in [0, 0.05) is 16.9 Å². The summed E-state index contributed by atoms with van der Waals surface area (Å²) in [5.74, 6) is -0.436. The van der Waals surface area contributed by atoms with E-state index < -0.39 is 0 Å². The molecular weight excluding hydrogens is 320 g/mol. The third kappa shape index (κ3) is 9.51. The first-order valence-electron chi connectivity index (χ1n) is 5.44. The van der Waals surface area contributed by atoms with Gasteiger partial charge < -0.3 is 5.73 Å². The summed E-state index contributed by atoms with van der Waals surface area (Å²) in [4.78, 5) is 7.33. The van der Waals surface area contributed by atoms with Crippen LogP contribution in [0.2, 0.25) is 0 Å². The summed E-state index contributed by atoms with van der Waals surface area (Å²) < 4.78 is 0.676. The number of nitrogens with one attached hydrogen (secondary N) is 1. The summed E-state index contributed by atoms with van der Waals surface area (Å²) in [6, 6.07) is 3.32. The van der Waals surface area contributed by atoms with Gasteiger partial charge in [0.15, 0.2) is 0 Å². The Bertz CT molecular complexity index is 581. The van der Waals surface area contributed by atoms with Gasteiger partial charge in [0.1, 0.15) is 12.1 Å². The lowest BCUT2D eigenvalue weighted by molar-refractivity contribution is 1.35. The maximum absolute atomic E-state index is 8.42. The molecule has 0 spiro atoms. The van der Waals surface area contributed by atoms with E-state index in [1.54, 1.807) is 12.1 Å². The van der Waals surface area contributed by atoms with Crippen LogP contribution in [0.25, 0.3) is 0 Å². The first kappa shape index (κ1) is 17.5. The molecule has 0 aromatic carbocycles. The fourth-order valence-corrected chi connectivity index (χ4v) is 1.17. The molecule has 0 saturated heterocycles. The third-order valence-electron chi connectivity index (χ3n) is 1.77. The highest BCUT2D eigenvalue weighted by atomic mass is 79.9. The highest BCUT2D eigenvalue weighted by Gasteiger charge is 1.88. The van der Waals surface area contributed by atoms with Crippen LogP contribution >= 0.6 is 15.9 Å². The maximum Gasteiger partial charge on any atom is 0.224 e. The Labute approximate surface area is 126 Å². The average Bonchev–Trinajstić information content (AvgIpc) is 2.46. The Balaban J connectivity index is 4.40. The Morgan fingerprint density at radius 2 is 2.10 bits per heavy atom. The van der Waals surface area contributed by atoms with Crippen molar-refractivity contribution in [2.24, 2.45) is 15.7 Å². The second-order valence-corrected chi connectivity index (χ2v) is 4.36. The Morgan fingerprint density at radius 1 is 1.40 bits per heavy atom. The summed E-state index contributed by atoms with van der Waals surface area (Å²) in [5.41, 5.74) is 6.09. The van der Waals surface area contributed by atoms with E-state index in [1.165, 1.54) is 12.4 Å². The molecule has 20 heavy (non-hydrogen) atoms. The molecule has 0 radical (unpaired) electrons. The standard InChI is InChI=1S/C13H13BrN6/c1-10(8-19-12(17)6-15)4-2-3-5-11(14)9-20-13(18)7-16/h2,4-5,8-9,18H,3H2,1H3,(H2,17,19)/b4-2+,10-8-,11-5+,18-13?,20-9?. The van der Waals surface area contributed by atoms with Gasteiger partial charge in [-0.15, -0.1) is 0 Å². The highest BCUT2D eigenvalue weighted by molar-refractivity contribution is 9.12. The van der Waals surface area contributed by atoms with E-state index in [0.29, 0.717) is 10.9 Å². The van der Waals surface area contributed by atoms with E-state index in [2.05, 4.69) is 25.9 Å². The van der Waals surface area contributed by atoms with Gasteiger partial charge in [0.2, 0.25) is 11.7 Å². The zero-order chi connectivity index (χ0) is 15.4. The molecule has 0 aliphatic heterocycles. The molecule has 0 rings (SSSR count). The Kier molecular flexibility index (Phi) is 9.11. The molecule has 6 nitrogen and oxygen atoms in total. The third-order valence-corrected chi connectivity index (χ3v) is 2.30. The molecule has 0 saturated carbocycles. The van der Waals surface area contributed by atoms with Crippen LogP contribution in [0, 0.1) is 28.1 Å². The zero-order valence-corrected chi connectivity index (χ0v) is 12.4. The molecule has 7 heteroatoms. The minimum absolute atomic E-state index is 0.0865. The zero-order valence-electron chi connectivity index (χ0n) is 10.8. The fourth-order valence-electron chi connectivity index (χ4n) is 0.886. The van der Waals surface area contributed by atoms with Crippen molar-refractivity contribution >= 4 is 33.8 Å². The first-order valence-corrected chi connectivity index (χ1v) is 6.24. The topological polar surface area (TPSA) is 122 Å². The van der Waals surface area contributed by atoms with Crippen molar-refractivity contribution in [3.8, 4) is 12.1 Å². The molecule has 0 aliphatic rings. The molecule has 0 heterocycles. The van der Waals surface area contributed by atoms with Gasteiger partial charge in [-0.05, 0) is 34.8 Å². The SMILES string of the molecule is CC(=C/N=C(N)C#N)/C=C/C/C=C(/Br)C=NC(=N)C#N. The largest absolute Gasteiger partial charge is 0.375 e. The number of nitriles is 2. The molecule has 0 unspecified atom stereocenters. The molecule has 0 aromatic heterocycles. The Morgan fingerprint density at radius 3 is 2.70 bits per heavy atom. The molecule has 0 aromatic rings. The minimum Gasteiger partial charge on any atom is -0.375 e. The lowest BCUT2D eigenvalue weighted by Gasteiger charge is -1.90. The van der Waals surface area contributed by atoms with Crippen molar-refractivity contribution < 1.29 is 0 Å². The van der Waals surface area contributed by atoms with Crippen LogP contribution in [0.4, 0.5) is 0 Å². The minimum atomic E-state index is -0.349. The van der Waals surface area contributed by atoms with Crippen LogP contribution in [0.15, 0.2) is 44.5 Å². The summed E-state index contributed by atoms with van der Waals surface area (Å²) in [6.07, 6.45) is 9.07. The maximum atomic E-state index is 8.42. The van der Waals surface area contributed by atoms with Crippen LogP contribution in [0.5, 0.6) is 0 Å². The number of halogens is 1. The van der Waals surface area contributed by atoms with E-state index in [-0.39, 0.29) is 11.7 Å². The first-order chi connectivity index (χ1) is 9.49. The quantitative estimate of drug-likeness (QED) is 0.456. The van der Waals surface area contributed by atoms with E-state index in [4.69, 9.17) is 21.7 Å². The van der Waals surface area contributed by atoms with Crippen molar-refractivity contribution in [1.82, 2.24) is 0 Å². The molecule has 3 N–H and O–H groups in total. The van der Waals surface area contributed by atoms with Crippen molar-refractivity contribution in [3.63, 3.8) is 0 Å². The number of hydrogen-bond donors (Lipinski definition) is 2. The van der Waals surface area contributed by atoms with Crippen LogP contribution in [-0.2, 0) is 0 Å². The summed E-state index contributed by atoms with van der Waals surface area (Å²) in [6.45, 7) is 1.83. The molecule has 0 aliphatic carbocycles. The summed E-state index contributed by atoms with van der Waals surface area (Å²) >= 11 is 3.24. The van der Waals surface area contributed by atoms with Crippen molar-refractivity contribution in [2.75, 3.05) is 0 Å². The second-order valence-electron chi connectivity index (χ2n) is 3.44. The fraction of sp³-hybridized carbons (Fsp3) is 0.154. The van der Waals surface area contributed by atoms with E-state index in [1.807, 2.05) is 25.2 Å². The van der Waals surface area contributed by atoms with Crippen LogP contribution in [0.3, 0.4) is 0 Å². The molecule has 0 amide bonds. The summed E-state index contributed by atoms with van der Waals surface area (Å²) in [5, 5.41) is 23.8. The highest BCUT2D eigenvalue weighted by Crippen LogP contribution is 2.04. The molecule has 102 valence electrons. The van der Waals surface area contributed by atoms with Crippen molar-refractivity contribution in [2.45, 2.75) is 13.3 Å². The molecule has 0 bridgehead atoms. The second kappa shape index (κ2) is 10.4. The number of amidine groups is 2. The number of allylic oxidation sites excluding steroid dienone is 5. The number of rotatable bonds is 5. The normalized spacial score (nSPS) is 13.5. The summed E-state index contributed by atoms with van der Waals surface area (Å²) in [7, 11) is 0. The van der Waals surface area contributed by atoms with Crippen molar-refractivity contribution in [3.05, 3.63) is 34.5 Å². The van der Waals surface area contributed by atoms with Gasteiger partial charge in [-0.25, -0.2) is 9.98 Å². The van der Waals surface area contributed by atoms with E-state index >= 15 is 0 Å². The van der Waals surface area contributed by atoms with Gasteiger partial charge in [-0.2, -0.15) is 10.5 Å². The molecule has 0 fully saturated rings. The predicted octanol–water partition coefficient (Wildman–Crippen LogP) is 2.57.